The number of carbonyl (C=O) groups excluding carboxylic acids is 3. The van der Waals surface area contributed by atoms with Gasteiger partial charge >= 0.3 is 0 Å². The molecule has 1 saturated heterocycles. The van der Waals surface area contributed by atoms with Crippen LogP contribution in [0.25, 0.3) is 6.08 Å². The molecule has 0 spiro atoms. The molecular weight excluding hydrogens is 430 g/mol. The molecule has 0 unspecified atom stereocenters. The predicted molar refractivity (Wildman–Crippen MR) is 114 cm³/mol. The van der Waals surface area contributed by atoms with Crippen molar-refractivity contribution in [3.8, 4) is 0 Å². The van der Waals surface area contributed by atoms with E-state index in [2.05, 4.69) is 5.32 Å². The van der Waals surface area contributed by atoms with Gasteiger partial charge in [-0.25, -0.2) is 8.78 Å². The summed E-state index contributed by atoms with van der Waals surface area (Å²) < 4.78 is 26.5. The molecule has 1 N–H and O–H groups in total. The Morgan fingerprint density at radius 1 is 1.10 bits per heavy atom. The van der Waals surface area contributed by atoms with Gasteiger partial charge < -0.3 is 5.32 Å². The van der Waals surface area contributed by atoms with Crippen LogP contribution in [-0.2, 0) is 9.59 Å². The highest BCUT2D eigenvalue weighted by atomic mass is 32.2. The molecule has 1 aliphatic heterocycles. The van der Waals surface area contributed by atoms with Gasteiger partial charge in [0.15, 0.2) is 0 Å². The van der Waals surface area contributed by atoms with Crippen LogP contribution in [0.15, 0.2) is 58.3 Å². The van der Waals surface area contributed by atoms with Crippen LogP contribution in [0.2, 0.25) is 0 Å². The average molecular weight is 449 g/mol. The molecule has 0 saturated carbocycles. The third-order valence-electron chi connectivity index (χ3n) is 4.12. The first-order valence-corrected chi connectivity index (χ1v) is 10.9. The molecule has 1 heterocycles. The number of halogens is 2. The second-order valence-electron chi connectivity index (χ2n) is 6.26. The molecule has 0 radical (unpaired) electrons. The van der Waals surface area contributed by atoms with Gasteiger partial charge in [0.25, 0.3) is 11.1 Å². The minimum Gasteiger partial charge on any atom is -0.354 e. The molecule has 0 aliphatic carbocycles. The molecule has 0 bridgehead atoms. The van der Waals surface area contributed by atoms with Crippen molar-refractivity contribution in [2.75, 3.05) is 18.8 Å². The summed E-state index contributed by atoms with van der Waals surface area (Å²) in [5.41, 5.74) is 0.613. The standard InChI is InChI=1S/C21H18F2N2O3S2/c22-15-7-5-14(6-8-15)13-18-20(27)25(21(28)30-18)11-10-24-19(26)9-12-29-17-4-2-1-3-16(17)23/h1-8,13H,9-12H2,(H,24,26)/b18-13-. The monoisotopic (exact) mass is 448 g/mol. The maximum atomic E-state index is 13.5. The normalized spacial score (nSPS) is 15.1. The van der Waals surface area contributed by atoms with E-state index in [1.807, 2.05) is 0 Å². The molecule has 1 fully saturated rings. The Bertz CT molecular complexity index is 980. The Morgan fingerprint density at radius 2 is 1.83 bits per heavy atom. The zero-order valence-electron chi connectivity index (χ0n) is 15.8. The quantitative estimate of drug-likeness (QED) is 0.482. The van der Waals surface area contributed by atoms with Gasteiger partial charge in [-0.2, -0.15) is 0 Å². The lowest BCUT2D eigenvalue weighted by atomic mass is 10.2. The van der Waals surface area contributed by atoms with Crippen molar-refractivity contribution in [1.82, 2.24) is 10.2 Å². The van der Waals surface area contributed by atoms with Crippen LogP contribution in [0.1, 0.15) is 12.0 Å². The van der Waals surface area contributed by atoms with E-state index in [1.165, 1.54) is 48.2 Å². The number of hydrogen-bond acceptors (Lipinski definition) is 5. The van der Waals surface area contributed by atoms with Crippen molar-refractivity contribution < 1.29 is 23.2 Å². The number of carbonyl (C=O) groups is 3. The molecule has 9 heteroatoms. The highest BCUT2D eigenvalue weighted by Crippen LogP contribution is 2.31. The first kappa shape index (κ1) is 22.0. The molecule has 156 valence electrons. The molecule has 0 atom stereocenters. The molecule has 30 heavy (non-hydrogen) atoms. The fourth-order valence-corrected chi connectivity index (χ4v) is 4.37. The van der Waals surface area contributed by atoms with E-state index < -0.39 is 11.1 Å². The molecule has 0 aromatic heterocycles. The smallest absolute Gasteiger partial charge is 0.293 e. The Labute approximate surface area is 180 Å². The van der Waals surface area contributed by atoms with Gasteiger partial charge in [-0.05, 0) is 47.7 Å². The Hall–Kier alpha value is -2.65. The van der Waals surface area contributed by atoms with Crippen LogP contribution in [0.5, 0.6) is 0 Å². The van der Waals surface area contributed by atoms with Crippen LogP contribution in [0, 0.1) is 11.6 Å². The molecule has 3 rings (SSSR count). The largest absolute Gasteiger partial charge is 0.354 e. The SMILES string of the molecule is O=C(CCSc1ccccc1F)NCCN1C(=O)S/C(=C\c2ccc(F)cc2)C1=O. The molecule has 3 amide bonds. The summed E-state index contributed by atoms with van der Waals surface area (Å²) in [7, 11) is 0. The molecule has 1 aliphatic rings. The summed E-state index contributed by atoms with van der Waals surface area (Å²) in [6.07, 6.45) is 1.72. The lowest BCUT2D eigenvalue weighted by Gasteiger charge is -2.13. The second kappa shape index (κ2) is 10.4. The molecular formula is C21H18F2N2O3S2. The van der Waals surface area contributed by atoms with E-state index in [1.54, 1.807) is 18.2 Å². The third kappa shape index (κ3) is 5.93. The maximum Gasteiger partial charge on any atom is 0.293 e. The predicted octanol–water partition coefficient (Wildman–Crippen LogP) is 4.30. The summed E-state index contributed by atoms with van der Waals surface area (Å²) in [5, 5.41) is 2.24. The van der Waals surface area contributed by atoms with Crippen molar-refractivity contribution in [2.45, 2.75) is 11.3 Å². The zero-order chi connectivity index (χ0) is 21.5. The van der Waals surface area contributed by atoms with Crippen LogP contribution >= 0.6 is 23.5 Å². The third-order valence-corrected chi connectivity index (χ3v) is 6.08. The lowest BCUT2D eigenvalue weighted by Crippen LogP contribution is -2.37. The fourth-order valence-electron chi connectivity index (χ4n) is 2.61. The van der Waals surface area contributed by atoms with Crippen molar-refractivity contribution >= 4 is 46.7 Å². The van der Waals surface area contributed by atoms with E-state index in [0.29, 0.717) is 16.2 Å². The van der Waals surface area contributed by atoms with Crippen LogP contribution in [0.4, 0.5) is 13.6 Å². The van der Waals surface area contributed by atoms with E-state index >= 15 is 0 Å². The number of thioether (sulfide) groups is 2. The fraction of sp³-hybridized carbons (Fsp3) is 0.190. The summed E-state index contributed by atoms with van der Waals surface area (Å²) in [6.45, 7) is 0.183. The van der Waals surface area contributed by atoms with Crippen LogP contribution in [-0.4, -0.2) is 40.8 Å². The second-order valence-corrected chi connectivity index (χ2v) is 8.39. The number of nitrogens with zero attached hydrogens (tertiary/aromatic N) is 1. The highest BCUT2D eigenvalue weighted by Gasteiger charge is 2.34. The van der Waals surface area contributed by atoms with Gasteiger partial charge in [-0.3, -0.25) is 19.3 Å². The Kier molecular flexibility index (Phi) is 7.64. The zero-order valence-corrected chi connectivity index (χ0v) is 17.4. The number of nitrogens with one attached hydrogen (secondary N) is 1. The van der Waals surface area contributed by atoms with Gasteiger partial charge in [-0.1, -0.05) is 24.3 Å². The number of benzene rings is 2. The van der Waals surface area contributed by atoms with Crippen molar-refractivity contribution in [3.05, 3.63) is 70.6 Å². The molecule has 5 nitrogen and oxygen atoms in total. The van der Waals surface area contributed by atoms with Gasteiger partial charge in [0.2, 0.25) is 5.91 Å². The molecule has 2 aromatic carbocycles. The van der Waals surface area contributed by atoms with Crippen molar-refractivity contribution in [3.63, 3.8) is 0 Å². The summed E-state index contributed by atoms with van der Waals surface area (Å²) in [5.74, 6) is -0.986. The maximum absolute atomic E-state index is 13.5. The number of amides is 3. The van der Waals surface area contributed by atoms with Gasteiger partial charge in [-0.15, -0.1) is 11.8 Å². The van der Waals surface area contributed by atoms with Crippen LogP contribution < -0.4 is 5.32 Å². The number of hydrogen-bond donors (Lipinski definition) is 1. The van der Waals surface area contributed by atoms with Crippen molar-refractivity contribution in [1.29, 1.82) is 0 Å². The number of rotatable bonds is 8. The Balaban J connectivity index is 1.43. The van der Waals surface area contributed by atoms with Gasteiger partial charge in [0.05, 0.1) is 4.91 Å². The van der Waals surface area contributed by atoms with E-state index in [9.17, 15) is 23.2 Å². The van der Waals surface area contributed by atoms with Crippen LogP contribution in [0.3, 0.4) is 0 Å². The topological polar surface area (TPSA) is 66.5 Å². The molecule has 2 aromatic rings. The number of imide groups is 1. The first-order valence-electron chi connectivity index (χ1n) is 9.09. The summed E-state index contributed by atoms with van der Waals surface area (Å²) >= 11 is 2.05. The van der Waals surface area contributed by atoms with Gasteiger partial charge in [0, 0.05) is 30.2 Å². The Morgan fingerprint density at radius 3 is 2.57 bits per heavy atom. The lowest BCUT2D eigenvalue weighted by molar-refractivity contribution is -0.124. The van der Waals surface area contributed by atoms with E-state index in [-0.39, 0.29) is 42.0 Å². The average Bonchev–Trinajstić information content (AvgIpc) is 2.98. The highest BCUT2D eigenvalue weighted by molar-refractivity contribution is 8.18. The van der Waals surface area contributed by atoms with E-state index in [4.69, 9.17) is 0 Å². The summed E-state index contributed by atoms with van der Waals surface area (Å²) in [4.78, 5) is 38.2. The summed E-state index contributed by atoms with van der Waals surface area (Å²) in [6, 6.07) is 11.9. The minimum absolute atomic E-state index is 0.0532. The first-order chi connectivity index (χ1) is 14.4. The van der Waals surface area contributed by atoms with Crippen molar-refractivity contribution in [2.24, 2.45) is 0 Å². The van der Waals surface area contributed by atoms with E-state index in [0.717, 1.165) is 16.7 Å². The minimum atomic E-state index is -0.446. The van der Waals surface area contributed by atoms with Gasteiger partial charge in [0.1, 0.15) is 11.6 Å².